The van der Waals surface area contributed by atoms with E-state index in [4.69, 9.17) is 31.5 Å². The third kappa shape index (κ3) is 4.96. The zero-order valence-corrected chi connectivity index (χ0v) is 19.5. The molecule has 6 nitrogen and oxygen atoms in total. The lowest BCUT2D eigenvalue weighted by Gasteiger charge is -2.28. The summed E-state index contributed by atoms with van der Waals surface area (Å²) in [6, 6.07) is 9.81. The predicted octanol–water partition coefficient (Wildman–Crippen LogP) is 5.32. The minimum atomic E-state index is -0.753. The number of carbonyl (C=O) groups is 1. The van der Waals surface area contributed by atoms with E-state index in [1.54, 1.807) is 13.8 Å². The minimum Gasteiger partial charge on any atom is -0.487 e. The van der Waals surface area contributed by atoms with E-state index < -0.39 is 17.7 Å². The lowest BCUT2D eigenvalue weighted by molar-refractivity contribution is -0.139. The zero-order valence-electron chi connectivity index (χ0n) is 18.8. The van der Waals surface area contributed by atoms with E-state index in [0.29, 0.717) is 11.3 Å². The maximum Gasteiger partial charge on any atom is 0.338 e. The van der Waals surface area contributed by atoms with E-state index >= 15 is 0 Å². The molecule has 1 heterocycles. The largest absolute Gasteiger partial charge is 0.487 e. The molecule has 0 spiro atoms. The van der Waals surface area contributed by atoms with E-state index in [9.17, 15) is 14.4 Å². The number of allylic oxidation sites excluding steroid dienone is 2. The van der Waals surface area contributed by atoms with E-state index in [-0.39, 0.29) is 41.0 Å². The third-order valence-electron chi connectivity index (χ3n) is 5.41. The maximum atomic E-state index is 13.3. The second kappa shape index (κ2) is 9.97. The molecule has 0 aliphatic carbocycles. The minimum absolute atomic E-state index is 0.0519. The summed E-state index contributed by atoms with van der Waals surface area (Å²) >= 11 is 6.08. The number of ether oxygens (including phenoxy) is 3. The average molecular weight is 471 g/mol. The molecule has 0 saturated heterocycles. The Balaban J connectivity index is 2.06. The van der Waals surface area contributed by atoms with E-state index in [1.165, 1.54) is 18.2 Å². The van der Waals surface area contributed by atoms with Crippen LogP contribution in [0.25, 0.3) is 0 Å². The molecular formula is C25H24ClFN2O4. The average Bonchev–Trinajstić information content (AvgIpc) is 2.74. The van der Waals surface area contributed by atoms with Gasteiger partial charge in [-0.3, -0.25) is 0 Å². The number of carbonyl (C=O) groups excluding carboxylic acids is 1. The van der Waals surface area contributed by atoms with Gasteiger partial charge in [0.2, 0.25) is 5.88 Å². The van der Waals surface area contributed by atoms with Crippen molar-refractivity contribution in [2.75, 3.05) is 6.61 Å². The Bertz CT molecular complexity index is 1210. The van der Waals surface area contributed by atoms with Crippen molar-refractivity contribution in [3.8, 4) is 11.8 Å². The summed E-state index contributed by atoms with van der Waals surface area (Å²) in [7, 11) is 0. The molecule has 1 aliphatic rings. The molecule has 33 heavy (non-hydrogen) atoms. The highest BCUT2D eigenvalue weighted by molar-refractivity contribution is 6.32. The second-order valence-electron chi connectivity index (χ2n) is 7.61. The lowest BCUT2D eigenvalue weighted by atomic mass is 9.80. The summed E-state index contributed by atoms with van der Waals surface area (Å²) in [5, 5.41) is 9.98. The molecular weight excluding hydrogens is 447 g/mol. The van der Waals surface area contributed by atoms with Gasteiger partial charge in [-0.05, 0) is 68.1 Å². The van der Waals surface area contributed by atoms with E-state index in [2.05, 4.69) is 6.07 Å². The molecule has 2 N–H and O–H groups in total. The summed E-state index contributed by atoms with van der Waals surface area (Å²) in [6.07, 6.45) is 0. The number of nitrogens with two attached hydrogens (primary N) is 1. The highest BCUT2D eigenvalue weighted by Crippen LogP contribution is 2.41. The van der Waals surface area contributed by atoms with Gasteiger partial charge in [-0.2, -0.15) is 5.26 Å². The molecule has 0 radical (unpaired) electrons. The van der Waals surface area contributed by atoms with Crippen LogP contribution < -0.4 is 10.5 Å². The molecule has 1 aliphatic heterocycles. The molecule has 8 heteroatoms. The van der Waals surface area contributed by atoms with Gasteiger partial charge in [0.1, 0.15) is 35.6 Å². The van der Waals surface area contributed by atoms with Gasteiger partial charge in [0.25, 0.3) is 0 Å². The number of halogens is 2. The van der Waals surface area contributed by atoms with Crippen LogP contribution in [-0.4, -0.2) is 12.6 Å². The van der Waals surface area contributed by atoms with Crippen molar-refractivity contribution in [1.82, 2.24) is 0 Å². The number of nitrogens with zero attached hydrogens (tertiary/aromatic N) is 1. The Labute approximate surface area is 197 Å². The first kappa shape index (κ1) is 24.1. The smallest absolute Gasteiger partial charge is 0.338 e. The Hall–Kier alpha value is -3.50. The first-order valence-electron chi connectivity index (χ1n) is 10.3. The van der Waals surface area contributed by atoms with Gasteiger partial charge in [-0.15, -0.1) is 0 Å². The Morgan fingerprint density at radius 2 is 1.97 bits per heavy atom. The summed E-state index contributed by atoms with van der Waals surface area (Å²) < 4.78 is 29.9. The van der Waals surface area contributed by atoms with Crippen LogP contribution in [-0.2, 0) is 20.9 Å². The fourth-order valence-corrected chi connectivity index (χ4v) is 4.02. The van der Waals surface area contributed by atoms with Crippen molar-refractivity contribution in [3.05, 3.63) is 86.2 Å². The first-order valence-corrected chi connectivity index (χ1v) is 10.7. The van der Waals surface area contributed by atoms with Crippen molar-refractivity contribution in [2.24, 2.45) is 5.73 Å². The molecule has 0 bridgehead atoms. The van der Waals surface area contributed by atoms with Gasteiger partial charge >= 0.3 is 5.97 Å². The van der Waals surface area contributed by atoms with Crippen LogP contribution in [0, 0.1) is 31.0 Å². The number of esters is 1. The van der Waals surface area contributed by atoms with Gasteiger partial charge < -0.3 is 19.9 Å². The molecule has 0 amide bonds. The van der Waals surface area contributed by atoms with Gasteiger partial charge in [-0.1, -0.05) is 23.7 Å². The number of hydrogen-bond donors (Lipinski definition) is 1. The SMILES string of the molecule is CCOC(=O)C1=C(C)OC(N)=C(C#N)C1c1cc(COc2ccc(F)cc2Cl)c(C)cc1C. The quantitative estimate of drug-likeness (QED) is 0.574. The zero-order chi connectivity index (χ0) is 24.3. The molecule has 1 unspecified atom stereocenters. The molecule has 0 saturated carbocycles. The topological polar surface area (TPSA) is 94.6 Å². The Morgan fingerprint density at radius 1 is 1.24 bits per heavy atom. The highest BCUT2D eigenvalue weighted by atomic mass is 35.5. The van der Waals surface area contributed by atoms with E-state index in [0.717, 1.165) is 16.7 Å². The van der Waals surface area contributed by atoms with Crippen molar-refractivity contribution in [3.63, 3.8) is 0 Å². The first-order chi connectivity index (χ1) is 15.7. The normalized spacial score (nSPS) is 15.7. The van der Waals surface area contributed by atoms with Crippen LogP contribution in [0.1, 0.15) is 42.0 Å². The van der Waals surface area contributed by atoms with Gasteiger partial charge in [-0.25, -0.2) is 9.18 Å². The van der Waals surface area contributed by atoms with Crippen LogP contribution in [0.15, 0.2) is 53.1 Å². The third-order valence-corrected chi connectivity index (χ3v) is 5.71. The van der Waals surface area contributed by atoms with Crippen molar-refractivity contribution in [1.29, 1.82) is 5.26 Å². The molecule has 2 aromatic carbocycles. The molecule has 3 rings (SSSR count). The summed E-state index contributed by atoms with van der Waals surface area (Å²) in [6.45, 7) is 7.45. The molecule has 2 aromatic rings. The van der Waals surface area contributed by atoms with Crippen LogP contribution in [0.3, 0.4) is 0 Å². The molecule has 0 aromatic heterocycles. The molecule has 1 atom stereocenters. The monoisotopic (exact) mass is 470 g/mol. The summed E-state index contributed by atoms with van der Waals surface area (Å²) in [4.78, 5) is 12.8. The molecule has 0 fully saturated rings. The number of hydrogen-bond acceptors (Lipinski definition) is 6. The standard InChI is InChI=1S/C25H24ClFN2O4/c1-5-31-25(30)22-15(4)33-24(29)19(11-28)23(22)18-9-16(13(2)8-14(18)3)12-32-21-7-6-17(27)10-20(21)26/h6-10,23H,5,12,29H2,1-4H3. The summed E-state index contributed by atoms with van der Waals surface area (Å²) in [5.41, 5.74) is 9.67. The van der Waals surface area contributed by atoms with Crippen LogP contribution in [0.4, 0.5) is 4.39 Å². The van der Waals surface area contributed by atoms with Crippen molar-refractivity contribution < 1.29 is 23.4 Å². The summed E-state index contributed by atoms with van der Waals surface area (Å²) in [5.74, 6) is -1.21. The number of nitriles is 1. The van der Waals surface area contributed by atoms with Gasteiger partial charge in [0.15, 0.2) is 0 Å². The van der Waals surface area contributed by atoms with Gasteiger partial charge in [0.05, 0.1) is 23.1 Å². The lowest BCUT2D eigenvalue weighted by Crippen LogP contribution is -2.26. The second-order valence-corrected chi connectivity index (χ2v) is 8.02. The van der Waals surface area contributed by atoms with Crippen LogP contribution >= 0.6 is 11.6 Å². The van der Waals surface area contributed by atoms with Crippen LogP contribution in [0.2, 0.25) is 5.02 Å². The Kier molecular flexibility index (Phi) is 7.29. The molecule has 172 valence electrons. The van der Waals surface area contributed by atoms with Crippen molar-refractivity contribution in [2.45, 2.75) is 40.2 Å². The fourth-order valence-electron chi connectivity index (χ4n) is 3.80. The Morgan fingerprint density at radius 3 is 2.61 bits per heavy atom. The van der Waals surface area contributed by atoms with Crippen molar-refractivity contribution >= 4 is 17.6 Å². The predicted molar refractivity (Wildman–Crippen MR) is 122 cm³/mol. The van der Waals surface area contributed by atoms with Gasteiger partial charge in [0, 0.05) is 0 Å². The number of rotatable bonds is 6. The number of benzene rings is 2. The van der Waals surface area contributed by atoms with E-state index in [1.807, 2.05) is 26.0 Å². The number of aryl methyl sites for hydroxylation is 2. The fraction of sp³-hybridized carbons (Fsp3) is 0.280. The maximum absolute atomic E-state index is 13.3. The highest BCUT2D eigenvalue weighted by Gasteiger charge is 2.37. The van der Waals surface area contributed by atoms with Crippen LogP contribution in [0.5, 0.6) is 5.75 Å².